The van der Waals surface area contributed by atoms with E-state index in [0.717, 1.165) is 5.69 Å². The first-order valence-electron chi connectivity index (χ1n) is 22.9. The molecule has 0 amide bonds. The van der Waals surface area contributed by atoms with Gasteiger partial charge in [-0.25, -0.2) is 0 Å². The van der Waals surface area contributed by atoms with Crippen LogP contribution in [0, 0.1) is 0 Å². The summed E-state index contributed by atoms with van der Waals surface area (Å²) >= 11 is 1.88. The molecular formula is C60H55BN2S. The number of hydrogen-bond donors (Lipinski definition) is 0. The Bertz CT molecular complexity index is 3280. The molecule has 314 valence electrons. The zero-order valence-electron chi connectivity index (χ0n) is 38.5. The van der Waals surface area contributed by atoms with E-state index in [1.54, 1.807) is 0 Å². The Balaban J connectivity index is 1.23. The van der Waals surface area contributed by atoms with Gasteiger partial charge in [0.05, 0.1) is 0 Å². The minimum absolute atomic E-state index is 0.0261. The average molecular weight is 847 g/mol. The van der Waals surface area contributed by atoms with Crippen molar-refractivity contribution in [1.82, 2.24) is 0 Å². The maximum atomic E-state index is 2.59. The first-order valence-corrected chi connectivity index (χ1v) is 23.7. The van der Waals surface area contributed by atoms with Crippen molar-refractivity contribution in [3.05, 3.63) is 187 Å². The molecule has 2 nitrogen and oxygen atoms in total. The lowest BCUT2D eigenvalue weighted by Crippen LogP contribution is -2.61. The number of nitrogens with zero attached hydrogens (tertiary/aromatic N) is 2. The molecular weight excluding hydrogens is 792 g/mol. The average Bonchev–Trinajstić information content (AvgIpc) is 3.67. The fraction of sp³-hybridized carbons (Fsp3) is 0.200. The summed E-state index contributed by atoms with van der Waals surface area (Å²) in [6.07, 6.45) is 0. The molecule has 8 aromatic carbocycles. The van der Waals surface area contributed by atoms with E-state index in [2.05, 4.69) is 242 Å². The molecule has 0 unspecified atom stereocenters. The first-order chi connectivity index (χ1) is 30.6. The van der Waals surface area contributed by atoms with Crippen LogP contribution in [-0.4, -0.2) is 6.71 Å². The van der Waals surface area contributed by atoms with Crippen LogP contribution < -0.4 is 26.2 Å². The highest BCUT2D eigenvalue weighted by atomic mass is 32.1. The molecule has 11 rings (SSSR count). The lowest BCUT2D eigenvalue weighted by atomic mass is 9.33. The third-order valence-corrected chi connectivity index (χ3v) is 14.9. The van der Waals surface area contributed by atoms with Crippen molar-refractivity contribution >= 4 is 88.7 Å². The highest BCUT2D eigenvalue weighted by Crippen LogP contribution is 2.49. The third-order valence-electron chi connectivity index (χ3n) is 13.7. The molecule has 9 aromatic rings. The summed E-state index contributed by atoms with van der Waals surface area (Å²) in [4.78, 5) is 5.17. The Hall–Kier alpha value is -6.36. The van der Waals surface area contributed by atoms with Crippen LogP contribution in [0.15, 0.2) is 170 Å². The predicted molar refractivity (Wildman–Crippen MR) is 280 cm³/mol. The lowest BCUT2D eigenvalue weighted by molar-refractivity contribution is 0.590. The van der Waals surface area contributed by atoms with Crippen molar-refractivity contribution < 1.29 is 0 Å². The number of anilines is 6. The molecule has 0 saturated carbocycles. The summed E-state index contributed by atoms with van der Waals surface area (Å²) in [7, 11) is 0. The van der Waals surface area contributed by atoms with Gasteiger partial charge in [0.1, 0.15) is 0 Å². The molecule has 0 N–H and O–H groups in total. The third kappa shape index (κ3) is 6.60. The second kappa shape index (κ2) is 14.6. The van der Waals surface area contributed by atoms with Crippen molar-refractivity contribution in [3.63, 3.8) is 0 Å². The van der Waals surface area contributed by atoms with Crippen LogP contribution in [0.2, 0.25) is 0 Å². The summed E-state index contributed by atoms with van der Waals surface area (Å²) in [5.41, 5.74) is 20.1. The minimum atomic E-state index is -0.0440. The lowest BCUT2D eigenvalue weighted by Gasteiger charge is -2.45. The van der Waals surface area contributed by atoms with Gasteiger partial charge in [0.15, 0.2) is 0 Å². The van der Waals surface area contributed by atoms with Gasteiger partial charge in [-0.3, -0.25) is 0 Å². The summed E-state index contributed by atoms with van der Waals surface area (Å²) in [5.74, 6) is 0. The molecule has 64 heavy (non-hydrogen) atoms. The maximum Gasteiger partial charge on any atom is 0.252 e. The van der Waals surface area contributed by atoms with Gasteiger partial charge in [0, 0.05) is 54.3 Å². The van der Waals surface area contributed by atoms with Gasteiger partial charge in [-0.1, -0.05) is 172 Å². The Labute approximate surface area is 383 Å². The maximum absolute atomic E-state index is 2.59. The number of hydrogen-bond acceptors (Lipinski definition) is 3. The van der Waals surface area contributed by atoms with E-state index in [-0.39, 0.29) is 23.0 Å². The molecule has 4 heteroatoms. The van der Waals surface area contributed by atoms with Crippen molar-refractivity contribution in [2.24, 2.45) is 0 Å². The molecule has 0 radical (unpaired) electrons. The molecule has 0 spiro atoms. The van der Waals surface area contributed by atoms with Gasteiger partial charge in [-0.2, -0.15) is 0 Å². The summed E-state index contributed by atoms with van der Waals surface area (Å²) in [5, 5.41) is 2.65. The molecule has 0 fully saturated rings. The number of rotatable bonds is 4. The van der Waals surface area contributed by atoms with E-state index in [4.69, 9.17) is 0 Å². The molecule has 2 aliphatic rings. The predicted octanol–water partition coefficient (Wildman–Crippen LogP) is 15.4. The van der Waals surface area contributed by atoms with E-state index in [9.17, 15) is 0 Å². The van der Waals surface area contributed by atoms with Crippen LogP contribution in [0.3, 0.4) is 0 Å². The molecule has 0 aliphatic carbocycles. The zero-order valence-corrected chi connectivity index (χ0v) is 39.4. The molecule has 0 saturated heterocycles. The van der Waals surface area contributed by atoms with Crippen molar-refractivity contribution in [2.45, 2.75) is 78.6 Å². The highest BCUT2D eigenvalue weighted by Gasteiger charge is 2.44. The number of benzene rings is 8. The van der Waals surface area contributed by atoms with Gasteiger partial charge < -0.3 is 9.80 Å². The van der Waals surface area contributed by atoms with Crippen LogP contribution in [-0.2, 0) is 16.2 Å². The fourth-order valence-electron chi connectivity index (χ4n) is 10.2. The SMILES string of the molecule is CC(C)(C)c1ccc(N2c3cc(C(C)(C)C)ccc3B3c4ccc(C(C)(C)C)cc4N(c4cccc(-c5cccc6sc7ccccc7c56)c4)c4cc(-c5ccccc5)cc2c43)cc1. The molecule has 0 atom stereocenters. The topological polar surface area (TPSA) is 6.48 Å². The largest absolute Gasteiger partial charge is 0.311 e. The second-order valence-electron chi connectivity index (χ2n) is 21.1. The van der Waals surface area contributed by atoms with Gasteiger partial charge in [0.2, 0.25) is 0 Å². The Morgan fingerprint density at radius 3 is 1.55 bits per heavy atom. The summed E-state index contributed by atoms with van der Waals surface area (Å²) in [6, 6.07) is 64.9. The van der Waals surface area contributed by atoms with Crippen molar-refractivity contribution in [2.75, 3.05) is 9.80 Å². The van der Waals surface area contributed by atoms with Crippen LogP contribution in [0.1, 0.15) is 79.0 Å². The van der Waals surface area contributed by atoms with E-state index >= 15 is 0 Å². The van der Waals surface area contributed by atoms with Gasteiger partial charge >= 0.3 is 0 Å². The number of thiophene rings is 1. The van der Waals surface area contributed by atoms with Crippen LogP contribution in [0.25, 0.3) is 42.4 Å². The van der Waals surface area contributed by atoms with E-state index in [0.29, 0.717) is 0 Å². The minimum Gasteiger partial charge on any atom is -0.311 e. The Kier molecular flexibility index (Phi) is 9.21. The van der Waals surface area contributed by atoms with E-state index < -0.39 is 0 Å². The molecule has 3 heterocycles. The monoisotopic (exact) mass is 846 g/mol. The van der Waals surface area contributed by atoms with E-state index in [1.165, 1.54) is 104 Å². The first kappa shape index (κ1) is 40.4. The van der Waals surface area contributed by atoms with E-state index in [1.807, 2.05) is 11.3 Å². The zero-order chi connectivity index (χ0) is 44.3. The molecule has 0 bridgehead atoms. The Morgan fingerprint density at radius 1 is 0.391 bits per heavy atom. The quantitative estimate of drug-likeness (QED) is 0.163. The van der Waals surface area contributed by atoms with Crippen LogP contribution in [0.4, 0.5) is 34.1 Å². The van der Waals surface area contributed by atoms with Gasteiger partial charge in [0.25, 0.3) is 6.71 Å². The normalized spacial score (nSPS) is 13.6. The highest BCUT2D eigenvalue weighted by molar-refractivity contribution is 7.26. The summed E-state index contributed by atoms with van der Waals surface area (Å²) in [6.45, 7) is 20.9. The standard InChI is InChI=1S/C60H55BN2S/c1-58(2,3)41-25-29-44(30-26-41)62-50-36-42(59(4,5)6)27-31-48(50)61-49-32-28-43(60(7,8)9)37-51(49)63(53-35-40(34-52(62)57(53)61)38-17-11-10-12-18-38)45-20-15-19-39(33-45)46-22-16-24-55-56(46)47-21-13-14-23-54(47)64-55/h10-37H,1-9H3. The van der Waals surface area contributed by atoms with Crippen LogP contribution in [0.5, 0.6) is 0 Å². The van der Waals surface area contributed by atoms with Gasteiger partial charge in [-0.15, -0.1) is 11.3 Å². The molecule has 1 aromatic heterocycles. The van der Waals surface area contributed by atoms with Gasteiger partial charge in [-0.05, 0) is 132 Å². The number of fused-ring (bicyclic) bond motifs is 7. The molecule has 2 aliphatic heterocycles. The fourth-order valence-corrected chi connectivity index (χ4v) is 11.3. The smallest absolute Gasteiger partial charge is 0.252 e. The van der Waals surface area contributed by atoms with Crippen molar-refractivity contribution in [3.8, 4) is 22.3 Å². The Morgan fingerprint density at radius 2 is 0.922 bits per heavy atom. The van der Waals surface area contributed by atoms with Crippen LogP contribution >= 0.6 is 11.3 Å². The van der Waals surface area contributed by atoms with Crippen molar-refractivity contribution in [1.29, 1.82) is 0 Å². The summed E-state index contributed by atoms with van der Waals surface area (Å²) < 4.78 is 2.64. The second-order valence-corrected chi connectivity index (χ2v) is 22.2.